The molecule has 0 saturated heterocycles. The first-order valence-electron chi connectivity index (χ1n) is 8.51. The number of carbonyl (C=O) groups excluding carboxylic acids is 2. The number of benzene rings is 2. The molecule has 2 aliphatic rings. The van der Waals surface area contributed by atoms with Crippen molar-refractivity contribution in [3.8, 4) is 6.07 Å². The number of hydrogen-bond donors (Lipinski definition) is 0. The lowest BCUT2D eigenvalue weighted by Crippen LogP contribution is -2.44. The Kier molecular flexibility index (Phi) is 4.21. The van der Waals surface area contributed by atoms with Gasteiger partial charge in [-0.1, -0.05) is 48.5 Å². The second-order valence-corrected chi connectivity index (χ2v) is 8.30. The van der Waals surface area contributed by atoms with Gasteiger partial charge in [-0.05, 0) is 29.3 Å². The Labute approximate surface area is 162 Å². The lowest BCUT2D eigenvalue weighted by molar-refractivity contribution is -0.136. The standard InChI is InChI=1S/C21H14N2O4S/c22-12-15-11-18-19(21(25)20(15)24)17(14-7-3-1-4-8-14)13-23(18)28(26,27)16-9-5-2-6-10-16/h1-11,13,18-19H. The van der Waals surface area contributed by atoms with E-state index in [2.05, 4.69) is 0 Å². The van der Waals surface area contributed by atoms with Crippen LogP contribution in [-0.2, 0) is 19.6 Å². The molecule has 1 aliphatic carbocycles. The topological polar surface area (TPSA) is 95.3 Å². The van der Waals surface area contributed by atoms with Crippen molar-refractivity contribution in [2.45, 2.75) is 10.9 Å². The molecule has 0 spiro atoms. The highest BCUT2D eigenvalue weighted by Crippen LogP contribution is 2.42. The first-order valence-corrected chi connectivity index (χ1v) is 9.95. The smallest absolute Gasteiger partial charge is 0.264 e. The molecular formula is C21H14N2O4S. The molecule has 0 amide bonds. The van der Waals surface area contributed by atoms with Gasteiger partial charge < -0.3 is 0 Å². The highest BCUT2D eigenvalue weighted by atomic mass is 32.2. The predicted molar refractivity (Wildman–Crippen MR) is 101 cm³/mol. The summed E-state index contributed by atoms with van der Waals surface area (Å²) in [5, 5.41) is 9.21. The molecule has 1 heterocycles. The molecule has 0 saturated carbocycles. The van der Waals surface area contributed by atoms with Crippen LogP contribution in [0.25, 0.3) is 5.57 Å². The fourth-order valence-corrected chi connectivity index (χ4v) is 5.04. The number of hydrogen-bond acceptors (Lipinski definition) is 5. The molecule has 6 nitrogen and oxygen atoms in total. The highest BCUT2D eigenvalue weighted by molar-refractivity contribution is 7.89. The van der Waals surface area contributed by atoms with Crippen LogP contribution in [0.4, 0.5) is 0 Å². The number of allylic oxidation sites excluding steroid dienone is 1. The zero-order chi connectivity index (χ0) is 19.9. The third-order valence-corrected chi connectivity index (χ3v) is 6.64. The van der Waals surface area contributed by atoms with Crippen LogP contribution in [0.5, 0.6) is 0 Å². The molecule has 2 unspecified atom stereocenters. The van der Waals surface area contributed by atoms with Gasteiger partial charge in [0.2, 0.25) is 11.6 Å². The molecule has 1 aliphatic heterocycles. The minimum atomic E-state index is -3.98. The molecule has 0 aromatic heterocycles. The zero-order valence-corrected chi connectivity index (χ0v) is 15.3. The van der Waals surface area contributed by atoms with Crippen LogP contribution in [0.3, 0.4) is 0 Å². The van der Waals surface area contributed by atoms with E-state index >= 15 is 0 Å². The molecule has 0 N–H and O–H groups in total. The number of fused-ring (bicyclic) bond motifs is 1. The molecule has 0 fully saturated rings. The second-order valence-electron chi connectivity index (χ2n) is 6.45. The van der Waals surface area contributed by atoms with Gasteiger partial charge in [0.1, 0.15) is 11.6 Å². The van der Waals surface area contributed by atoms with Crippen LogP contribution in [0.1, 0.15) is 5.56 Å². The van der Waals surface area contributed by atoms with Crippen molar-refractivity contribution in [3.63, 3.8) is 0 Å². The van der Waals surface area contributed by atoms with Crippen LogP contribution in [0.15, 0.2) is 83.4 Å². The lowest BCUT2D eigenvalue weighted by Gasteiger charge is -2.29. The van der Waals surface area contributed by atoms with E-state index in [1.807, 2.05) is 0 Å². The molecule has 138 valence electrons. The molecule has 4 rings (SSSR count). The summed E-state index contributed by atoms with van der Waals surface area (Å²) in [5.41, 5.74) is 0.761. The predicted octanol–water partition coefficient (Wildman–Crippen LogP) is 2.32. The Morgan fingerprint density at radius 1 is 0.929 bits per heavy atom. The Morgan fingerprint density at radius 3 is 2.14 bits per heavy atom. The van der Waals surface area contributed by atoms with E-state index in [4.69, 9.17) is 0 Å². The van der Waals surface area contributed by atoms with Crippen molar-refractivity contribution in [2.24, 2.45) is 5.92 Å². The van der Waals surface area contributed by atoms with Gasteiger partial charge in [0.15, 0.2) is 0 Å². The van der Waals surface area contributed by atoms with Gasteiger partial charge in [0.05, 0.1) is 16.9 Å². The van der Waals surface area contributed by atoms with Gasteiger partial charge >= 0.3 is 0 Å². The summed E-state index contributed by atoms with van der Waals surface area (Å²) in [6.45, 7) is 0. The monoisotopic (exact) mass is 390 g/mol. The Balaban J connectivity index is 1.92. The van der Waals surface area contributed by atoms with E-state index in [1.54, 1.807) is 54.6 Å². The Morgan fingerprint density at radius 2 is 1.54 bits per heavy atom. The number of carbonyl (C=O) groups is 2. The van der Waals surface area contributed by atoms with Gasteiger partial charge in [-0.15, -0.1) is 0 Å². The van der Waals surface area contributed by atoms with Crippen LogP contribution >= 0.6 is 0 Å². The lowest BCUT2D eigenvalue weighted by atomic mass is 9.79. The zero-order valence-electron chi connectivity index (χ0n) is 14.5. The number of ketones is 2. The van der Waals surface area contributed by atoms with Crippen LogP contribution in [0, 0.1) is 17.2 Å². The Hall–Kier alpha value is -3.50. The summed E-state index contributed by atoms with van der Waals surface area (Å²) >= 11 is 0. The molecule has 2 atom stereocenters. The van der Waals surface area contributed by atoms with Crippen molar-refractivity contribution in [3.05, 3.63) is 84.1 Å². The van der Waals surface area contributed by atoms with E-state index in [0.717, 1.165) is 4.31 Å². The van der Waals surface area contributed by atoms with Crippen molar-refractivity contribution in [1.82, 2.24) is 4.31 Å². The summed E-state index contributed by atoms with van der Waals surface area (Å²) in [6, 6.07) is 17.4. The second kappa shape index (κ2) is 6.59. The number of rotatable bonds is 3. The van der Waals surface area contributed by atoms with Crippen LogP contribution in [-0.4, -0.2) is 30.3 Å². The molecule has 28 heavy (non-hydrogen) atoms. The molecule has 2 aromatic carbocycles. The van der Waals surface area contributed by atoms with Crippen molar-refractivity contribution < 1.29 is 18.0 Å². The fourth-order valence-electron chi connectivity index (χ4n) is 3.54. The maximum absolute atomic E-state index is 13.2. The van der Waals surface area contributed by atoms with Crippen LogP contribution < -0.4 is 0 Å². The summed E-state index contributed by atoms with van der Waals surface area (Å²) in [5.74, 6) is -2.64. The van der Waals surface area contributed by atoms with Gasteiger partial charge in [-0.25, -0.2) is 8.42 Å². The first-order chi connectivity index (χ1) is 13.4. The third kappa shape index (κ3) is 2.66. The SMILES string of the molecule is N#CC1=CC2C(C(=O)C1=O)C(c1ccccc1)=CN2S(=O)(=O)c1ccccc1. The average molecular weight is 390 g/mol. The summed E-state index contributed by atoms with van der Waals surface area (Å²) in [7, 11) is -3.98. The van der Waals surface area contributed by atoms with Crippen molar-refractivity contribution in [2.75, 3.05) is 0 Å². The average Bonchev–Trinajstić information content (AvgIpc) is 3.12. The van der Waals surface area contributed by atoms with Crippen LogP contribution in [0.2, 0.25) is 0 Å². The normalized spacial score (nSPS) is 21.6. The van der Waals surface area contributed by atoms with Gasteiger partial charge in [-0.3, -0.25) is 13.9 Å². The third-order valence-electron chi connectivity index (χ3n) is 4.87. The molecule has 0 radical (unpaired) electrons. The minimum Gasteiger partial charge on any atom is -0.290 e. The first kappa shape index (κ1) is 17.9. The molecule has 2 aromatic rings. The van der Waals surface area contributed by atoms with E-state index in [-0.39, 0.29) is 10.5 Å². The largest absolute Gasteiger partial charge is 0.290 e. The molecule has 7 heteroatoms. The maximum Gasteiger partial charge on any atom is 0.264 e. The van der Waals surface area contributed by atoms with E-state index in [9.17, 15) is 23.3 Å². The summed E-state index contributed by atoms with van der Waals surface area (Å²) in [6.07, 6.45) is 2.68. The van der Waals surface area contributed by atoms with Crippen molar-refractivity contribution >= 4 is 27.2 Å². The number of nitriles is 1. The number of sulfonamides is 1. The Bertz CT molecular complexity index is 1180. The van der Waals surface area contributed by atoms with Crippen molar-refractivity contribution in [1.29, 1.82) is 5.26 Å². The number of nitrogens with zero attached hydrogens (tertiary/aromatic N) is 2. The summed E-state index contributed by atoms with van der Waals surface area (Å²) in [4.78, 5) is 25.1. The van der Waals surface area contributed by atoms with E-state index < -0.39 is 33.5 Å². The highest BCUT2D eigenvalue weighted by Gasteiger charge is 2.49. The van der Waals surface area contributed by atoms with Gasteiger partial charge in [0, 0.05) is 6.20 Å². The van der Waals surface area contributed by atoms with E-state index in [1.165, 1.54) is 24.4 Å². The minimum absolute atomic E-state index is 0.0653. The number of Topliss-reactive ketones (excluding diaryl/α,β-unsaturated/α-hetero) is 2. The van der Waals surface area contributed by atoms with Gasteiger partial charge in [-0.2, -0.15) is 5.26 Å². The fraction of sp³-hybridized carbons (Fsp3) is 0.0952. The van der Waals surface area contributed by atoms with E-state index in [0.29, 0.717) is 11.1 Å². The summed E-state index contributed by atoms with van der Waals surface area (Å²) < 4.78 is 27.5. The molecule has 0 bridgehead atoms. The maximum atomic E-state index is 13.2. The van der Waals surface area contributed by atoms with Gasteiger partial charge in [0.25, 0.3) is 10.0 Å². The molecular weight excluding hydrogens is 376 g/mol. The quantitative estimate of drug-likeness (QED) is 0.750.